The Morgan fingerprint density at radius 2 is 1.83 bits per heavy atom. The number of fused-ring (bicyclic) bond motifs is 1. The quantitative estimate of drug-likeness (QED) is 0.343. The lowest BCUT2D eigenvalue weighted by molar-refractivity contribution is 0.313. The fourth-order valence-electron chi connectivity index (χ4n) is 2.89. The smallest absolute Gasteiger partial charge is 0.266 e. The largest absolute Gasteiger partial charge is 0.497 e. The molecule has 0 unspecified atom stereocenters. The van der Waals surface area contributed by atoms with Crippen LogP contribution in [0, 0.1) is 0 Å². The van der Waals surface area contributed by atoms with E-state index in [1.54, 1.807) is 18.7 Å². The van der Waals surface area contributed by atoms with Crippen LogP contribution < -0.4 is 19.8 Å². The van der Waals surface area contributed by atoms with Crippen molar-refractivity contribution < 1.29 is 14.2 Å². The van der Waals surface area contributed by atoms with Gasteiger partial charge in [0.15, 0.2) is 28.1 Å². The SMILES string of the molecule is COc1cccc(-c2nc(SCCOc3ccccc3OC)n3[nH]c(=O)cc3n2)c1. The maximum atomic E-state index is 11.9. The molecule has 0 aliphatic rings. The van der Waals surface area contributed by atoms with Crippen LogP contribution in [-0.2, 0) is 0 Å². The molecule has 0 aliphatic heterocycles. The van der Waals surface area contributed by atoms with Gasteiger partial charge in [-0.05, 0) is 24.3 Å². The molecule has 2 heterocycles. The molecule has 0 fully saturated rings. The van der Waals surface area contributed by atoms with Crippen molar-refractivity contribution in [1.29, 1.82) is 0 Å². The molecule has 2 aromatic carbocycles. The number of benzene rings is 2. The minimum atomic E-state index is -0.237. The maximum absolute atomic E-state index is 11.9. The molecule has 154 valence electrons. The van der Waals surface area contributed by atoms with Gasteiger partial charge in [-0.2, -0.15) is 0 Å². The lowest BCUT2D eigenvalue weighted by atomic mass is 10.2. The Labute approximate surface area is 176 Å². The fraction of sp³-hybridized carbons (Fsp3) is 0.190. The van der Waals surface area contributed by atoms with Crippen molar-refractivity contribution in [3.8, 4) is 28.6 Å². The molecule has 1 N–H and O–H groups in total. The van der Waals surface area contributed by atoms with Crippen molar-refractivity contribution in [3.05, 3.63) is 65.0 Å². The fourth-order valence-corrected chi connectivity index (χ4v) is 3.66. The zero-order chi connectivity index (χ0) is 20.9. The monoisotopic (exact) mass is 424 g/mol. The average Bonchev–Trinajstić information content (AvgIpc) is 3.17. The molecule has 0 bridgehead atoms. The van der Waals surface area contributed by atoms with Crippen molar-refractivity contribution in [1.82, 2.24) is 19.6 Å². The molecule has 30 heavy (non-hydrogen) atoms. The van der Waals surface area contributed by atoms with Crippen LogP contribution in [0.2, 0.25) is 0 Å². The van der Waals surface area contributed by atoms with Gasteiger partial charge in [0.25, 0.3) is 5.56 Å². The summed E-state index contributed by atoms with van der Waals surface area (Å²) in [5.41, 5.74) is 1.07. The van der Waals surface area contributed by atoms with E-state index in [0.29, 0.717) is 46.2 Å². The van der Waals surface area contributed by atoms with Crippen LogP contribution in [0.15, 0.2) is 64.5 Å². The lowest BCUT2D eigenvalue weighted by Gasteiger charge is -2.11. The Morgan fingerprint density at radius 1 is 1.00 bits per heavy atom. The molecule has 0 saturated carbocycles. The van der Waals surface area contributed by atoms with E-state index < -0.39 is 0 Å². The molecule has 0 atom stereocenters. The second-order valence-corrected chi connectivity index (χ2v) is 7.29. The zero-order valence-corrected chi connectivity index (χ0v) is 17.3. The number of H-pyrrole nitrogens is 1. The Kier molecular flexibility index (Phi) is 5.89. The minimum absolute atomic E-state index is 0.237. The molecule has 4 aromatic rings. The van der Waals surface area contributed by atoms with Gasteiger partial charge in [-0.15, -0.1) is 0 Å². The van der Waals surface area contributed by atoms with Crippen LogP contribution in [0.1, 0.15) is 0 Å². The Bertz CT molecular complexity index is 1220. The highest BCUT2D eigenvalue weighted by atomic mass is 32.2. The maximum Gasteiger partial charge on any atom is 0.266 e. The standard InChI is InChI=1S/C21H20N4O4S/c1-27-15-7-5-6-14(12-15)20-22-18-13-19(26)24-25(18)21(23-20)30-11-10-29-17-9-4-3-8-16(17)28-2/h3-9,12-13H,10-11H2,1-2H3,(H,24,26). The van der Waals surface area contributed by atoms with Gasteiger partial charge in [0, 0.05) is 17.4 Å². The highest BCUT2D eigenvalue weighted by molar-refractivity contribution is 7.99. The average molecular weight is 424 g/mol. The van der Waals surface area contributed by atoms with Gasteiger partial charge in [-0.25, -0.2) is 14.5 Å². The Balaban J connectivity index is 1.56. The van der Waals surface area contributed by atoms with Gasteiger partial charge in [0.1, 0.15) is 5.75 Å². The predicted molar refractivity (Wildman–Crippen MR) is 115 cm³/mol. The molecule has 8 nitrogen and oxygen atoms in total. The molecule has 0 aliphatic carbocycles. The third-order valence-corrected chi connectivity index (χ3v) is 5.20. The predicted octanol–water partition coefficient (Wildman–Crippen LogP) is 3.27. The molecule has 9 heteroatoms. The number of aromatic amines is 1. The normalized spacial score (nSPS) is 10.9. The molecule has 0 amide bonds. The number of rotatable bonds is 8. The molecule has 0 spiro atoms. The first kappa shape index (κ1) is 19.8. The van der Waals surface area contributed by atoms with Gasteiger partial charge >= 0.3 is 0 Å². The van der Waals surface area contributed by atoms with Gasteiger partial charge < -0.3 is 14.2 Å². The number of nitrogens with zero attached hydrogens (tertiary/aromatic N) is 3. The molecule has 0 saturated heterocycles. The third kappa shape index (κ3) is 4.25. The van der Waals surface area contributed by atoms with Crippen LogP contribution in [0.5, 0.6) is 17.2 Å². The number of nitrogens with one attached hydrogen (secondary N) is 1. The van der Waals surface area contributed by atoms with E-state index in [0.717, 1.165) is 5.56 Å². The van der Waals surface area contributed by atoms with Gasteiger partial charge in [0.2, 0.25) is 0 Å². The highest BCUT2D eigenvalue weighted by Gasteiger charge is 2.12. The number of ether oxygens (including phenoxy) is 3. The molecular weight excluding hydrogens is 404 g/mol. The summed E-state index contributed by atoms with van der Waals surface area (Å²) in [6.45, 7) is 0.441. The summed E-state index contributed by atoms with van der Waals surface area (Å²) in [7, 11) is 3.22. The van der Waals surface area contributed by atoms with Crippen LogP contribution in [0.4, 0.5) is 0 Å². The van der Waals surface area contributed by atoms with E-state index in [1.165, 1.54) is 17.8 Å². The summed E-state index contributed by atoms with van der Waals surface area (Å²) in [6.07, 6.45) is 0. The highest BCUT2D eigenvalue weighted by Crippen LogP contribution is 2.27. The molecule has 4 rings (SSSR count). The van der Waals surface area contributed by atoms with Crippen molar-refractivity contribution >= 4 is 17.4 Å². The second kappa shape index (κ2) is 8.91. The molecule has 2 aromatic heterocycles. The van der Waals surface area contributed by atoms with E-state index in [4.69, 9.17) is 14.2 Å². The van der Waals surface area contributed by atoms with E-state index in [9.17, 15) is 4.79 Å². The first-order chi connectivity index (χ1) is 14.7. The van der Waals surface area contributed by atoms with E-state index in [2.05, 4.69) is 15.1 Å². The second-order valence-electron chi connectivity index (χ2n) is 6.22. The van der Waals surface area contributed by atoms with Gasteiger partial charge in [-0.1, -0.05) is 36.0 Å². The van der Waals surface area contributed by atoms with Gasteiger partial charge in [0.05, 0.1) is 20.8 Å². The topological polar surface area (TPSA) is 90.7 Å². The van der Waals surface area contributed by atoms with E-state index in [-0.39, 0.29) is 5.56 Å². The number of aromatic nitrogens is 4. The van der Waals surface area contributed by atoms with Crippen molar-refractivity contribution in [2.24, 2.45) is 0 Å². The number of methoxy groups -OCH3 is 2. The van der Waals surface area contributed by atoms with Crippen LogP contribution in [-0.4, -0.2) is 46.2 Å². The summed E-state index contributed by atoms with van der Waals surface area (Å²) < 4.78 is 18.0. The van der Waals surface area contributed by atoms with Crippen molar-refractivity contribution in [2.45, 2.75) is 5.16 Å². The van der Waals surface area contributed by atoms with Crippen molar-refractivity contribution in [3.63, 3.8) is 0 Å². The first-order valence-electron chi connectivity index (χ1n) is 9.21. The van der Waals surface area contributed by atoms with Crippen molar-refractivity contribution in [2.75, 3.05) is 26.6 Å². The summed E-state index contributed by atoms with van der Waals surface area (Å²) in [5, 5.41) is 3.35. The minimum Gasteiger partial charge on any atom is -0.497 e. The molecule has 0 radical (unpaired) electrons. The van der Waals surface area contributed by atoms with E-state index in [1.807, 2.05) is 48.5 Å². The summed E-state index contributed by atoms with van der Waals surface area (Å²) >= 11 is 1.46. The van der Waals surface area contributed by atoms with E-state index >= 15 is 0 Å². The number of hydrogen-bond donors (Lipinski definition) is 1. The number of hydrogen-bond acceptors (Lipinski definition) is 7. The third-order valence-electron chi connectivity index (χ3n) is 4.29. The summed E-state index contributed by atoms with van der Waals surface area (Å²) in [6, 6.07) is 16.4. The zero-order valence-electron chi connectivity index (χ0n) is 16.5. The summed E-state index contributed by atoms with van der Waals surface area (Å²) in [4.78, 5) is 21.0. The van der Waals surface area contributed by atoms with Crippen LogP contribution >= 0.6 is 11.8 Å². The Hall–Kier alpha value is -3.46. The van der Waals surface area contributed by atoms with Crippen LogP contribution in [0.3, 0.4) is 0 Å². The van der Waals surface area contributed by atoms with Gasteiger partial charge in [-0.3, -0.25) is 9.89 Å². The number of thioether (sulfide) groups is 1. The first-order valence-corrected chi connectivity index (χ1v) is 10.2. The van der Waals surface area contributed by atoms with Crippen LogP contribution in [0.25, 0.3) is 17.0 Å². The number of para-hydroxylation sites is 2. The molecular formula is C21H20N4O4S. The lowest BCUT2D eigenvalue weighted by Crippen LogP contribution is -2.07. The summed E-state index contributed by atoms with van der Waals surface area (Å²) in [5.74, 6) is 3.20. The Morgan fingerprint density at radius 3 is 2.63 bits per heavy atom.